The summed E-state index contributed by atoms with van der Waals surface area (Å²) in [6.07, 6.45) is 1.10. The van der Waals surface area contributed by atoms with E-state index in [9.17, 15) is 8.42 Å². The van der Waals surface area contributed by atoms with Gasteiger partial charge in [0.05, 0.1) is 16.5 Å². The van der Waals surface area contributed by atoms with Gasteiger partial charge in [0, 0.05) is 5.25 Å². The van der Waals surface area contributed by atoms with E-state index >= 15 is 0 Å². The van der Waals surface area contributed by atoms with Crippen LogP contribution in [0, 0.1) is 10.8 Å². The summed E-state index contributed by atoms with van der Waals surface area (Å²) in [5.41, 5.74) is 2.41. The first-order chi connectivity index (χ1) is 3.06. The topological polar surface area (TPSA) is 34.1 Å². The number of rotatable bonds is 0. The van der Waals surface area contributed by atoms with E-state index in [0.29, 0.717) is 10.2 Å². The Hall–Kier alpha value is -0.273. The van der Waals surface area contributed by atoms with Crippen LogP contribution >= 0.6 is 0 Å². The first-order valence-corrected chi connectivity index (χ1v) is 4.59. The van der Waals surface area contributed by atoms with Crippen LogP contribution in [0.25, 0.3) is 0 Å². The third-order valence-corrected chi connectivity index (χ3v) is 1.47. The predicted octanol–water partition coefficient (Wildman–Crippen LogP) is -1.69. The monoisotopic (exact) mass is 134 g/mol. The maximum atomic E-state index is 10.1. The Kier molecular flexibility index (Phi) is 2.06. The van der Waals surface area contributed by atoms with Crippen molar-refractivity contribution in [1.29, 1.82) is 0 Å². The molecule has 0 amide bonds. The SMILES string of the molecule is CS(=O)(=O)C#C[SiH3]. The van der Waals surface area contributed by atoms with Gasteiger partial charge in [-0.05, 0) is 0 Å². The summed E-state index contributed by atoms with van der Waals surface area (Å²) in [6, 6.07) is 0. The third-order valence-electron chi connectivity index (χ3n) is 0.287. The molecule has 7 heavy (non-hydrogen) atoms. The van der Waals surface area contributed by atoms with Crippen LogP contribution in [0.2, 0.25) is 0 Å². The third kappa shape index (κ3) is 5.73. The minimum absolute atomic E-state index is 0.630. The van der Waals surface area contributed by atoms with E-state index in [1.165, 1.54) is 0 Å². The average molecular weight is 134 g/mol. The molecule has 0 spiro atoms. The molecule has 0 aliphatic carbocycles. The van der Waals surface area contributed by atoms with Gasteiger partial charge in [-0.15, -0.1) is 5.54 Å². The van der Waals surface area contributed by atoms with E-state index in [2.05, 4.69) is 10.8 Å². The minimum atomic E-state index is -3.00. The van der Waals surface area contributed by atoms with Crippen LogP contribution in [0.5, 0.6) is 0 Å². The molecule has 0 heterocycles. The fraction of sp³-hybridized carbons (Fsp3) is 0.333. The number of hydrogen-bond donors (Lipinski definition) is 0. The smallest absolute Gasteiger partial charge is 0.213 e. The average Bonchev–Trinajstić information content (AvgIpc) is 1.30. The maximum absolute atomic E-state index is 10.1. The molecule has 0 aromatic rings. The molecule has 4 heteroatoms. The number of sulfone groups is 1. The molecule has 0 fully saturated rings. The summed E-state index contributed by atoms with van der Waals surface area (Å²) in [6.45, 7) is 0. The van der Waals surface area contributed by atoms with Crippen molar-refractivity contribution in [2.24, 2.45) is 0 Å². The fourth-order valence-corrected chi connectivity index (χ4v) is 1.67. The van der Waals surface area contributed by atoms with E-state index in [-0.39, 0.29) is 0 Å². The van der Waals surface area contributed by atoms with Crippen LogP contribution in [0.1, 0.15) is 0 Å². The van der Waals surface area contributed by atoms with Gasteiger partial charge < -0.3 is 0 Å². The standard InChI is InChI=1S/C3H6O2SSi/c1-6(4,5)2-3-7/h1,7H3. The van der Waals surface area contributed by atoms with E-state index in [4.69, 9.17) is 0 Å². The maximum Gasteiger partial charge on any atom is 0.213 e. The summed E-state index contributed by atoms with van der Waals surface area (Å²) in [5, 5.41) is 2.07. The summed E-state index contributed by atoms with van der Waals surface area (Å²) in [5.74, 6) is 0. The van der Waals surface area contributed by atoms with Crippen molar-refractivity contribution >= 4 is 20.1 Å². The van der Waals surface area contributed by atoms with Gasteiger partial charge in [0.1, 0.15) is 0 Å². The number of hydrogen-bond acceptors (Lipinski definition) is 2. The van der Waals surface area contributed by atoms with Crippen molar-refractivity contribution in [3.8, 4) is 10.8 Å². The lowest BCUT2D eigenvalue weighted by molar-refractivity contribution is 0.611. The molecule has 0 bridgehead atoms. The molecule has 0 aliphatic heterocycles. The van der Waals surface area contributed by atoms with Crippen LogP contribution < -0.4 is 0 Å². The molecule has 0 rings (SSSR count). The second kappa shape index (κ2) is 2.14. The van der Waals surface area contributed by atoms with Crippen LogP contribution in [0.3, 0.4) is 0 Å². The lowest BCUT2D eigenvalue weighted by Crippen LogP contribution is -1.87. The zero-order chi connectivity index (χ0) is 5.91. The van der Waals surface area contributed by atoms with Crippen molar-refractivity contribution < 1.29 is 8.42 Å². The van der Waals surface area contributed by atoms with Crippen LogP contribution in [0.4, 0.5) is 0 Å². The van der Waals surface area contributed by atoms with Crippen LogP contribution in [0.15, 0.2) is 0 Å². The largest absolute Gasteiger partial charge is 0.216 e. The Labute approximate surface area is 46.3 Å². The van der Waals surface area contributed by atoms with Gasteiger partial charge in [-0.2, -0.15) is 0 Å². The first-order valence-electron chi connectivity index (χ1n) is 1.70. The van der Waals surface area contributed by atoms with Gasteiger partial charge in [-0.1, -0.05) is 0 Å². The predicted molar refractivity (Wildman–Crippen MR) is 32.6 cm³/mol. The lowest BCUT2D eigenvalue weighted by Gasteiger charge is -1.72. The second-order valence-electron chi connectivity index (χ2n) is 1.12. The fourth-order valence-electron chi connectivity index (χ4n) is 0.185. The van der Waals surface area contributed by atoms with Crippen LogP contribution in [-0.2, 0) is 9.84 Å². The highest BCUT2D eigenvalue weighted by Gasteiger charge is 1.87. The Balaban J connectivity index is 4.34. The Bertz CT molecular complexity index is 193. The van der Waals surface area contributed by atoms with E-state index < -0.39 is 9.84 Å². The Morgan fingerprint density at radius 1 is 1.57 bits per heavy atom. The molecule has 0 aromatic carbocycles. The van der Waals surface area contributed by atoms with Gasteiger partial charge in [-0.3, -0.25) is 0 Å². The Morgan fingerprint density at radius 3 is 2.00 bits per heavy atom. The molecule has 0 radical (unpaired) electrons. The van der Waals surface area contributed by atoms with Crippen LogP contribution in [-0.4, -0.2) is 24.9 Å². The molecule has 2 nitrogen and oxygen atoms in total. The van der Waals surface area contributed by atoms with Gasteiger partial charge in [0.15, 0.2) is 0 Å². The zero-order valence-corrected chi connectivity index (χ0v) is 7.04. The van der Waals surface area contributed by atoms with Gasteiger partial charge >= 0.3 is 0 Å². The zero-order valence-electron chi connectivity index (χ0n) is 4.22. The molecule has 0 saturated carbocycles. The quantitative estimate of drug-likeness (QED) is 0.293. The molecule has 40 valence electrons. The van der Waals surface area contributed by atoms with Gasteiger partial charge in [-0.25, -0.2) is 8.42 Å². The van der Waals surface area contributed by atoms with Crippen molar-refractivity contribution in [3.63, 3.8) is 0 Å². The van der Waals surface area contributed by atoms with Gasteiger partial charge in [0.25, 0.3) is 0 Å². The highest BCUT2D eigenvalue weighted by molar-refractivity contribution is 7.95. The molecule has 0 atom stereocenters. The normalized spacial score (nSPS) is 9.86. The molecule has 0 aromatic heterocycles. The van der Waals surface area contributed by atoms with E-state index in [1.54, 1.807) is 0 Å². The molecule has 0 unspecified atom stereocenters. The first kappa shape index (κ1) is 6.73. The summed E-state index contributed by atoms with van der Waals surface area (Å²) in [4.78, 5) is 0. The van der Waals surface area contributed by atoms with Crippen molar-refractivity contribution in [1.82, 2.24) is 0 Å². The summed E-state index contributed by atoms with van der Waals surface area (Å²) >= 11 is 0. The van der Waals surface area contributed by atoms with E-state index in [1.807, 2.05) is 0 Å². The molecular weight excluding hydrogens is 128 g/mol. The summed E-state index contributed by atoms with van der Waals surface area (Å²) in [7, 11) is -2.37. The highest BCUT2D eigenvalue weighted by atomic mass is 32.2. The van der Waals surface area contributed by atoms with Crippen molar-refractivity contribution in [2.45, 2.75) is 0 Å². The van der Waals surface area contributed by atoms with Crippen molar-refractivity contribution in [2.75, 3.05) is 6.26 Å². The lowest BCUT2D eigenvalue weighted by atomic mass is 11.4. The second-order valence-corrected chi connectivity index (χ2v) is 3.37. The minimum Gasteiger partial charge on any atom is -0.216 e. The summed E-state index contributed by atoms with van der Waals surface area (Å²) < 4.78 is 20.2. The Morgan fingerprint density at radius 2 is 2.00 bits per heavy atom. The molecule has 0 saturated heterocycles. The van der Waals surface area contributed by atoms with Gasteiger partial charge in [0.2, 0.25) is 9.84 Å². The molecule has 0 aliphatic rings. The van der Waals surface area contributed by atoms with E-state index in [0.717, 1.165) is 6.26 Å². The molecule has 0 N–H and O–H groups in total. The van der Waals surface area contributed by atoms with Crippen molar-refractivity contribution in [3.05, 3.63) is 0 Å². The highest BCUT2D eigenvalue weighted by Crippen LogP contribution is 1.71. The molecular formula is C3H6O2SSi.